The Morgan fingerprint density at radius 3 is 2.60 bits per heavy atom. The lowest BCUT2D eigenvalue weighted by atomic mass is 10.2. The SMILES string of the molecule is C=C(C)Cn1c(N(C)Cc2ccccc2)nc2c1c(=O)[nH]c(=O)n2C. The van der Waals surface area contributed by atoms with E-state index < -0.39 is 11.2 Å². The Kier molecular flexibility index (Phi) is 4.31. The summed E-state index contributed by atoms with van der Waals surface area (Å²) in [7, 11) is 3.51. The van der Waals surface area contributed by atoms with Crippen LogP contribution in [-0.2, 0) is 20.1 Å². The Hall–Kier alpha value is -3.09. The van der Waals surface area contributed by atoms with Crippen molar-refractivity contribution in [2.24, 2.45) is 7.05 Å². The van der Waals surface area contributed by atoms with Crippen LogP contribution >= 0.6 is 0 Å². The van der Waals surface area contributed by atoms with E-state index in [1.54, 1.807) is 11.6 Å². The molecule has 1 N–H and O–H groups in total. The number of H-pyrrole nitrogens is 1. The topological polar surface area (TPSA) is 75.9 Å². The Morgan fingerprint density at radius 1 is 1.28 bits per heavy atom. The van der Waals surface area contributed by atoms with Crippen molar-refractivity contribution in [1.29, 1.82) is 0 Å². The van der Waals surface area contributed by atoms with Crippen molar-refractivity contribution in [2.75, 3.05) is 11.9 Å². The maximum absolute atomic E-state index is 12.4. The predicted octanol–water partition coefficient (Wildman–Crippen LogP) is 1.64. The van der Waals surface area contributed by atoms with E-state index in [2.05, 4.69) is 16.5 Å². The first-order chi connectivity index (χ1) is 11.9. The lowest BCUT2D eigenvalue weighted by Crippen LogP contribution is -2.29. The highest BCUT2D eigenvalue weighted by Gasteiger charge is 2.19. The lowest BCUT2D eigenvalue weighted by Gasteiger charge is -2.20. The molecule has 0 bridgehead atoms. The van der Waals surface area contributed by atoms with E-state index in [0.29, 0.717) is 30.2 Å². The number of fused-ring (bicyclic) bond motifs is 1. The monoisotopic (exact) mass is 339 g/mol. The van der Waals surface area contributed by atoms with Crippen LogP contribution in [0, 0.1) is 0 Å². The van der Waals surface area contributed by atoms with Crippen LogP contribution in [0.2, 0.25) is 0 Å². The van der Waals surface area contributed by atoms with Gasteiger partial charge >= 0.3 is 5.69 Å². The van der Waals surface area contributed by atoms with Crippen LogP contribution in [0.4, 0.5) is 5.95 Å². The third-order valence-electron chi connectivity index (χ3n) is 4.02. The Bertz CT molecular complexity index is 1040. The average Bonchev–Trinajstić information content (AvgIpc) is 2.93. The maximum Gasteiger partial charge on any atom is 0.329 e. The summed E-state index contributed by atoms with van der Waals surface area (Å²) in [6.45, 7) is 6.92. The molecule has 0 aliphatic rings. The quantitative estimate of drug-likeness (QED) is 0.717. The first-order valence-corrected chi connectivity index (χ1v) is 7.97. The number of imidazole rings is 1. The van der Waals surface area contributed by atoms with E-state index in [1.165, 1.54) is 4.57 Å². The molecule has 0 saturated heterocycles. The zero-order valence-electron chi connectivity index (χ0n) is 14.6. The summed E-state index contributed by atoms with van der Waals surface area (Å²) >= 11 is 0. The normalized spacial score (nSPS) is 11.0. The minimum atomic E-state index is -0.477. The van der Waals surface area contributed by atoms with Crippen molar-refractivity contribution in [2.45, 2.75) is 20.0 Å². The number of hydrogen-bond acceptors (Lipinski definition) is 4. The van der Waals surface area contributed by atoms with Gasteiger partial charge in [-0.05, 0) is 12.5 Å². The molecule has 130 valence electrons. The summed E-state index contributed by atoms with van der Waals surface area (Å²) in [5.41, 5.74) is 1.84. The van der Waals surface area contributed by atoms with Crippen molar-refractivity contribution < 1.29 is 0 Å². The molecule has 2 aromatic heterocycles. The van der Waals surface area contributed by atoms with Gasteiger partial charge in [-0.15, -0.1) is 0 Å². The minimum absolute atomic E-state index is 0.366. The van der Waals surface area contributed by atoms with Gasteiger partial charge < -0.3 is 9.47 Å². The first-order valence-electron chi connectivity index (χ1n) is 7.97. The first kappa shape index (κ1) is 16.8. The smallest absolute Gasteiger partial charge is 0.329 e. The van der Waals surface area contributed by atoms with Crippen LogP contribution in [0.15, 0.2) is 52.1 Å². The molecule has 7 nitrogen and oxygen atoms in total. The van der Waals surface area contributed by atoms with Crippen LogP contribution < -0.4 is 16.1 Å². The molecule has 3 rings (SSSR count). The second-order valence-corrected chi connectivity index (χ2v) is 6.29. The van der Waals surface area contributed by atoms with Gasteiger partial charge in [0.05, 0.1) is 0 Å². The van der Waals surface area contributed by atoms with Crippen molar-refractivity contribution >= 4 is 17.1 Å². The van der Waals surface area contributed by atoms with Gasteiger partial charge in [-0.2, -0.15) is 4.98 Å². The van der Waals surface area contributed by atoms with Crippen molar-refractivity contribution in [3.05, 3.63) is 68.9 Å². The van der Waals surface area contributed by atoms with Gasteiger partial charge in [-0.1, -0.05) is 42.5 Å². The maximum atomic E-state index is 12.4. The van der Waals surface area contributed by atoms with Crippen LogP contribution in [-0.4, -0.2) is 26.1 Å². The molecular formula is C18H21N5O2. The van der Waals surface area contributed by atoms with Gasteiger partial charge in [0.25, 0.3) is 5.56 Å². The largest absolute Gasteiger partial charge is 0.341 e. The number of hydrogen-bond donors (Lipinski definition) is 1. The molecule has 0 amide bonds. The van der Waals surface area contributed by atoms with Crippen molar-refractivity contribution in [3.8, 4) is 0 Å². The van der Waals surface area contributed by atoms with Gasteiger partial charge in [-0.3, -0.25) is 14.3 Å². The number of aromatic amines is 1. The summed E-state index contributed by atoms with van der Waals surface area (Å²) in [5.74, 6) is 0.619. The average molecular weight is 339 g/mol. The highest BCUT2D eigenvalue weighted by molar-refractivity contribution is 5.74. The van der Waals surface area contributed by atoms with Gasteiger partial charge in [-0.25, -0.2) is 4.79 Å². The van der Waals surface area contributed by atoms with Crippen LogP contribution in [0.5, 0.6) is 0 Å². The van der Waals surface area contributed by atoms with Gasteiger partial charge in [0.15, 0.2) is 11.2 Å². The number of allylic oxidation sites excluding steroid dienone is 1. The molecule has 1 aromatic carbocycles. The minimum Gasteiger partial charge on any atom is -0.341 e. The number of benzene rings is 1. The second kappa shape index (κ2) is 6.43. The van der Waals surface area contributed by atoms with E-state index in [9.17, 15) is 9.59 Å². The molecule has 0 spiro atoms. The molecule has 0 saturated carbocycles. The number of rotatable bonds is 5. The zero-order valence-corrected chi connectivity index (χ0v) is 14.6. The molecule has 0 aliphatic carbocycles. The van der Waals surface area contributed by atoms with E-state index in [4.69, 9.17) is 0 Å². The molecule has 0 atom stereocenters. The third kappa shape index (κ3) is 3.13. The van der Waals surface area contributed by atoms with Gasteiger partial charge in [0.2, 0.25) is 5.95 Å². The van der Waals surface area contributed by atoms with E-state index in [1.807, 2.05) is 49.2 Å². The Labute approximate surface area is 144 Å². The third-order valence-corrected chi connectivity index (χ3v) is 4.02. The molecule has 25 heavy (non-hydrogen) atoms. The van der Waals surface area contributed by atoms with E-state index >= 15 is 0 Å². The summed E-state index contributed by atoms with van der Waals surface area (Å²) in [6.07, 6.45) is 0. The molecular weight excluding hydrogens is 318 g/mol. The highest BCUT2D eigenvalue weighted by atomic mass is 16.2. The second-order valence-electron chi connectivity index (χ2n) is 6.29. The number of nitrogens with zero attached hydrogens (tertiary/aromatic N) is 4. The van der Waals surface area contributed by atoms with Crippen molar-refractivity contribution in [1.82, 2.24) is 19.1 Å². The number of nitrogens with one attached hydrogen (secondary N) is 1. The molecule has 0 unspecified atom stereocenters. The highest BCUT2D eigenvalue weighted by Crippen LogP contribution is 2.21. The molecule has 0 aliphatic heterocycles. The van der Waals surface area contributed by atoms with E-state index in [0.717, 1.165) is 11.1 Å². The molecule has 2 heterocycles. The summed E-state index contributed by atoms with van der Waals surface area (Å²) in [6, 6.07) is 9.99. The standard InChI is InChI=1S/C18H21N5O2/c1-12(2)10-23-14-15(22(4)18(25)20-16(14)24)19-17(23)21(3)11-13-8-6-5-7-9-13/h5-9H,1,10-11H2,2-4H3,(H,20,24,25). The fourth-order valence-corrected chi connectivity index (χ4v) is 2.86. The van der Waals surface area contributed by atoms with Crippen LogP contribution in [0.25, 0.3) is 11.2 Å². The van der Waals surface area contributed by atoms with E-state index in [-0.39, 0.29) is 0 Å². The van der Waals surface area contributed by atoms with Crippen LogP contribution in [0.1, 0.15) is 12.5 Å². The van der Waals surface area contributed by atoms with Crippen LogP contribution in [0.3, 0.4) is 0 Å². The fourth-order valence-electron chi connectivity index (χ4n) is 2.86. The molecule has 0 fully saturated rings. The lowest BCUT2D eigenvalue weighted by molar-refractivity contribution is 0.755. The van der Waals surface area contributed by atoms with Gasteiger partial charge in [0.1, 0.15) is 0 Å². The molecule has 3 aromatic rings. The van der Waals surface area contributed by atoms with Gasteiger partial charge in [0, 0.05) is 27.2 Å². The number of aryl methyl sites for hydroxylation is 1. The number of aromatic nitrogens is 4. The number of anilines is 1. The fraction of sp³-hybridized carbons (Fsp3) is 0.278. The summed E-state index contributed by atoms with van der Waals surface area (Å²) < 4.78 is 3.16. The zero-order chi connectivity index (χ0) is 18.1. The summed E-state index contributed by atoms with van der Waals surface area (Å²) in [4.78, 5) is 33.1. The predicted molar refractivity (Wildman–Crippen MR) is 99.0 cm³/mol. The Balaban J connectivity index is 2.18. The molecule has 7 heteroatoms. The molecule has 0 radical (unpaired) electrons. The van der Waals surface area contributed by atoms with Crippen molar-refractivity contribution in [3.63, 3.8) is 0 Å². The Morgan fingerprint density at radius 2 is 1.96 bits per heavy atom. The summed E-state index contributed by atoms with van der Waals surface area (Å²) in [5, 5.41) is 0.